The molecule has 1 amide bonds. The molecule has 0 aromatic carbocycles. The number of ether oxygens (including phenoxy) is 1. The molecule has 6 nitrogen and oxygen atoms in total. The first-order valence-electron chi connectivity index (χ1n) is 6.74. The third-order valence-electron chi connectivity index (χ3n) is 3.82. The molecule has 3 unspecified atom stereocenters. The van der Waals surface area contributed by atoms with E-state index in [0.29, 0.717) is 6.54 Å². The van der Waals surface area contributed by atoms with Crippen LogP contribution in [0.4, 0.5) is 0 Å². The Labute approximate surface area is 114 Å². The molecule has 7 heteroatoms. The second-order valence-electron chi connectivity index (χ2n) is 5.40. The zero-order valence-electron chi connectivity index (χ0n) is 11.2. The molecule has 1 saturated carbocycles. The molecule has 2 rings (SSSR count). The number of hydrogen-bond acceptors (Lipinski definition) is 5. The Hall–Kier alpha value is -0.660. The molecule has 1 aliphatic heterocycles. The summed E-state index contributed by atoms with van der Waals surface area (Å²) in [4.78, 5) is 11.9. The van der Waals surface area contributed by atoms with E-state index < -0.39 is 9.84 Å². The number of nitrogens with one attached hydrogen (secondary N) is 2. The highest BCUT2D eigenvalue weighted by Crippen LogP contribution is 2.21. The lowest BCUT2D eigenvalue weighted by atomic mass is 10.2. The minimum atomic E-state index is -2.98. The molecular weight excluding hydrogens is 268 g/mol. The van der Waals surface area contributed by atoms with E-state index in [1.807, 2.05) is 0 Å². The van der Waals surface area contributed by atoms with Crippen LogP contribution in [0.1, 0.15) is 25.7 Å². The van der Waals surface area contributed by atoms with E-state index in [0.717, 1.165) is 19.3 Å². The molecule has 1 saturated heterocycles. The summed E-state index contributed by atoms with van der Waals surface area (Å²) in [7, 11) is -1.29. The van der Waals surface area contributed by atoms with Crippen molar-refractivity contribution in [2.24, 2.45) is 0 Å². The topological polar surface area (TPSA) is 84.5 Å². The van der Waals surface area contributed by atoms with Gasteiger partial charge in [0.05, 0.1) is 17.6 Å². The maximum atomic E-state index is 11.9. The lowest BCUT2D eigenvalue weighted by Crippen LogP contribution is -2.48. The van der Waals surface area contributed by atoms with Crippen LogP contribution in [-0.4, -0.2) is 57.7 Å². The van der Waals surface area contributed by atoms with Crippen molar-refractivity contribution in [2.45, 2.75) is 43.9 Å². The lowest BCUT2D eigenvalue weighted by Gasteiger charge is -2.23. The van der Waals surface area contributed by atoms with Gasteiger partial charge in [0.1, 0.15) is 0 Å². The van der Waals surface area contributed by atoms with Crippen molar-refractivity contribution >= 4 is 15.7 Å². The summed E-state index contributed by atoms with van der Waals surface area (Å²) in [6, 6.07) is -0.0870. The largest absolute Gasteiger partial charge is 0.381 e. The van der Waals surface area contributed by atoms with Gasteiger partial charge in [0.25, 0.3) is 0 Å². The number of carbonyl (C=O) groups excluding carboxylic acids is 1. The molecule has 3 atom stereocenters. The molecule has 110 valence electrons. The van der Waals surface area contributed by atoms with E-state index in [1.54, 1.807) is 7.11 Å². The van der Waals surface area contributed by atoms with Gasteiger partial charge in [-0.3, -0.25) is 4.79 Å². The number of hydrogen-bond donors (Lipinski definition) is 2. The van der Waals surface area contributed by atoms with Gasteiger partial charge >= 0.3 is 0 Å². The first kappa shape index (κ1) is 14.7. The highest BCUT2D eigenvalue weighted by Gasteiger charge is 2.29. The summed E-state index contributed by atoms with van der Waals surface area (Å²) in [5.41, 5.74) is 0. The molecule has 0 aromatic rings. The maximum absolute atomic E-state index is 11.9. The highest BCUT2D eigenvalue weighted by molar-refractivity contribution is 7.91. The molecular formula is C12H22N2O4S. The fourth-order valence-corrected chi connectivity index (χ4v) is 4.24. The van der Waals surface area contributed by atoms with Gasteiger partial charge in [0, 0.05) is 32.2 Å². The number of carbonyl (C=O) groups is 1. The van der Waals surface area contributed by atoms with E-state index in [2.05, 4.69) is 10.6 Å². The van der Waals surface area contributed by atoms with Crippen molar-refractivity contribution < 1.29 is 17.9 Å². The third kappa shape index (κ3) is 4.43. The summed E-state index contributed by atoms with van der Waals surface area (Å²) in [6.07, 6.45) is 3.21. The van der Waals surface area contributed by atoms with E-state index in [-0.39, 0.29) is 42.0 Å². The zero-order chi connectivity index (χ0) is 13.9. The molecule has 0 radical (unpaired) electrons. The van der Waals surface area contributed by atoms with Gasteiger partial charge in [-0.05, 0) is 19.3 Å². The van der Waals surface area contributed by atoms with Crippen LogP contribution in [0.25, 0.3) is 0 Å². The predicted molar refractivity (Wildman–Crippen MR) is 71.6 cm³/mol. The SMILES string of the molecule is COC1CCC(NC(=O)CC2CS(=O)(=O)CCN2)C1. The van der Waals surface area contributed by atoms with E-state index in [4.69, 9.17) is 4.74 Å². The van der Waals surface area contributed by atoms with Gasteiger partial charge in [0.15, 0.2) is 9.84 Å². The fraction of sp³-hybridized carbons (Fsp3) is 0.917. The number of rotatable bonds is 4. The maximum Gasteiger partial charge on any atom is 0.221 e. The van der Waals surface area contributed by atoms with E-state index in [1.165, 1.54) is 0 Å². The fourth-order valence-electron chi connectivity index (χ4n) is 2.79. The zero-order valence-corrected chi connectivity index (χ0v) is 12.0. The van der Waals surface area contributed by atoms with Gasteiger partial charge < -0.3 is 15.4 Å². The normalized spacial score (nSPS) is 34.1. The van der Waals surface area contributed by atoms with Gasteiger partial charge in [-0.15, -0.1) is 0 Å². The second-order valence-corrected chi connectivity index (χ2v) is 7.63. The molecule has 2 aliphatic rings. The Morgan fingerprint density at radius 2 is 2.21 bits per heavy atom. The number of methoxy groups -OCH3 is 1. The lowest BCUT2D eigenvalue weighted by molar-refractivity contribution is -0.122. The molecule has 19 heavy (non-hydrogen) atoms. The Morgan fingerprint density at radius 3 is 2.84 bits per heavy atom. The van der Waals surface area contributed by atoms with E-state index >= 15 is 0 Å². The third-order valence-corrected chi connectivity index (χ3v) is 5.55. The summed E-state index contributed by atoms with van der Waals surface area (Å²) in [5, 5.41) is 6.05. The Kier molecular flexibility index (Phi) is 4.81. The first-order chi connectivity index (χ1) is 8.98. The van der Waals surface area contributed by atoms with Crippen LogP contribution in [0.5, 0.6) is 0 Å². The monoisotopic (exact) mass is 290 g/mol. The molecule has 0 aromatic heterocycles. The van der Waals surface area contributed by atoms with Crippen molar-refractivity contribution in [1.82, 2.24) is 10.6 Å². The van der Waals surface area contributed by atoms with Gasteiger partial charge in [0.2, 0.25) is 5.91 Å². The Morgan fingerprint density at radius 1 is 1.42 bits per heavy atom. The van der Waals surface area contributed by atoms with Crippen molar-refractivity contribution in [3.05, 3.63) is 0 Å². The first-order valence-corrected chi connectivity index (χ1v) is 8.56. The van der Waals surface area contributed by atoms with Crippen LogP contribution in [0.2, 0.25) is 0 Å². The molecule has 2 fully saturated rings. The number of sulfone groups is 1. The van der Waals surface area contributed by atoms with Crippen molar-refractivity contribution in [3.63, 3.8) is 0 Å². The van der Waals surface area contributed by atoms with Crippen molar-refractivity contribution in [2.75, 3.05) is 25.2 Å². The summed E-state index contributed by atoms with van der Waals surface area (Å²) < 4.78 is 28.2. The molecule has 1 aliphatic carbocycles. The van der Waals surface area contributed by atoms with E-state index in [9.17, 15) is 13.2 Å². The average Bonchev–Trinajstić information content (AvgIpc) is 2.75. The summed E-state index contributed by atoms with van der Waals surface area (Å²) >= 11 is 0. The van der Waals surface area contributed by atoms with Gasteiger partial charge in [-0.2, -0.15) is 0 Å². The highest BCUT2D eigenvalue weighted by atomic mass is 32.2. The molecule has 0 spiro atoms. The van der Waals surface area contributed by atoms with Crippen LogP contribution in [0.15, 0.2) is 0 Å². The van der Waals surface area contributed by atoms with Gasteiger partial charge in [-0.25, -0.2) is 8.42 Å². The minimum Gasteiger partial charge on any atom is -0.381 e. The molecule has 2 N–H and O–H groups in total. The van der Waals surface area contributed by atoms with Crippen LogP contribution in [0.3, 0.4) is 0 Å². The van der Waals surface area contributed by atoms with Crippen LogP contribution >= 0.6 is 0 Å². The minimum absolute atomic E-state index is 0.0613. The van der Waals surface area contributed by atoms with Crippen molar-refractivity contribution in [1.29, 1.82) is 0 Å². The molecule has 0 bridgehead atoms. The molecule has 1 heterocycles. The van der Waals surface area contributed by atoms with Crippen LogP contribution < -0.4 is 10.6 Å². The summed E-state index contributed by atoms with van der Waals surface area (Å²) in [6.45, 7) is 0.440. The Balaban J connectivity index is 1.75. The summed E-state index contributed by atoms with van der Waals surface area (Å²) in [5.74, 6) is 0.158. The van der Waals surface area contributed by atoms with Crippen LogP contribution in [0, 0.1) is 0 Å². The Bertz CT molecular complexity index is 423. The average molecular weight is 290 g/mol. The number of amides is 1. The standard InChI is InChI=1S/C12H22N2O4S/c1-18-11-3-2-9(6-11)14-12(15)7-10-8-19(16,17)5-4-13-10/h9-11,13H,2-8H2,1H3,(H,14,15). The smallest absolute Gasteiger partial charge is 0.221 e. The van der Waals surface area contributed by atoms with Crippen molar-refractivity contribution in [3.8, 4) is 0 Å². The predicted octanol–water partition coefficient (Wildman–Crippen LogP) is -0.553. The quantitative estimate of drug-likeness (QED) is 0.725. The van der Waals surface area contributed by atoms with Gasteiger partial charge in [-0.1, -0.05) is 0 Å². The second kappa shape index (κ2) is 6.19. The van der Waals surface area contributed by atoms with Crippen LogP contribution in [-0.2, 0) is 19.4 Å².